The largest absolute Gasteiger partial charge is 0.457 e. The molecule has 0 heterocycles. The molecule has 0 bridgehead atoms. The van der Waals surface area contributed by atoms with Crippen molar-refractivity contribution in [2.75, 3.05) is 0 Å². The maximum atomic E-state index is 11.5. The van der Waals surface area contributed by atoms with E-state index in [2.05, 4.69) is 5.73 Å². The average Bonchev–Trinajstić information content (AvgIpc) is 2.47. The minimum absolute atomic E-state index is 0.321. The lowest BCUT2D eigenvalue weighted by Gasteiger charge is -2.16. The Morgan fingerprint density at radius 3 is 2.68 bits per heavy atom. The maximum Gasteiger partial charge on any atom is 0.338 e. The van der Waals surface area contributed by atoms with Crippen LogP contribution in [0.15, 0.2) is 48.2 Å². The fraction of sp³-hybridized carbons (Fsp3) is 0.412. The lowest BCUT2D eigenvalue weighted by molar-refractivity contribution is -0.138. The van der Waals surface area contributed by atoms with Crippen LogP contribution >= 0.6 is 0 Å². The number of hydrogen-bond acceptors (Lipinski definition) is 2. The summed E-state index contributed by atoms with van der Waals surface area (Å²) in [6, 6.07) is 9.69. The van der Waals surface area contributed by atoms with Crippen LogP contribution in [0.4, 0.5) is 0 Å². The van der Waals surface area contributed by atoms with Gasteiger partial charge < -0.3 is 4.74 Å². The molecule has 1 fully saturated rings. The second kappa shape index (κ2) is 7.60. The molecule has 2 heteroatoms. The molecule has 1 aliphatic carbocycles. The van der Waals surface area contributed by atoms with Crippen molar-refractivity contribution >= 4 is 5.97 Å². The summed E-state index contributed by atoms with van der Waals surface area (Å²) in [5.74, 6) is 0.267. The van der Waals surface area contributed by atoms with E-state index in [9.17, 15) is 4.79 Å². The fourth-order valence-electron chi connectivity index (χ4n) is 2.32. The van der Waals surface area contributed by atoms with Crippen LogP contribution in [0.5, 0.6) is 0 Å². The van der Waals surface area contributed by atoms with E-state index >= 15 is 0 Å². The molecule has 19 heavy (non-hydrogen) atoms. The van der Waals surface area contributed by atoms with Crippen LogP contribution in [0.2, 0.25) is 0 Å². The molecule has 0 amide bonds. The molecule has 1 aromatic rings. The molecule has 0 N–H and O–H groups in total. The summed E-state index contributed by atoms with van der Waals surface area (Å²) in [4.78, 5) is 11.5. The van der Waals surface area contributed by atoms with Crippen molar-refractivity contribution in [2.24, 2.45) is 5.92 Å². The van der Waals surface area contributed by atoms with E-state index in [1.807, 2.05) is 36.4 Å². The first-order valence-corrected chi connectivity index (χ1v) is 6.98. The van der Waals surface area contributed by atoms with Gasteiger partial charge >= 0.3 is 5.97 Å². The van der Waals surface area contributed by atoms with Gasteiger partial charge in [0.1, 0.15) is 6.61 Å². The van der Waals surface area contributed by atoms with Gasteiger partial charge in [0.15, 0.2) is 0 Å². The van der Waals surface area contributed by atoms with Gasteiger partial charge in [0.05, 0.1) is 6.08 Å². The van der Waals surface area contributed by atoms with Crippen molar-refractivity contribution in [1.82, 2.24) is 0 Å². The number of ether oxygens (including phenoxy) is 1. The normalized spacial score (nSPS) is 15.4. The maximum absolute atomic E-state index is 11.5. The highest BCUT2D eigenvalue weighted by Gasteiger charge is 2.09. The Kier molecular flexibility index (Phi) is 5.46. The van der Waals surface area contributed by atoms with Crippen LogP contribution in [0.25, 0.3) is 0 Å². The molecule has 1 aliphatic rings. The topological polar surface area (TPSA) is 26.3 Å². The van der Waals surface area contributed by atoms with Crippen LogP contribution in [0.1, 0.15) is 37.7 Å². The first-order valence-electron chi connectivity index (χ1n) is 6.98. The van der Waals surface area contributed by atoms with Crippen molar-refractivity contribution in [3.63, 3.8) is 0 Å². The van der Waals surface area contributed by atoms with Gasteiger partial charge in [0, 0.05) is 0 Å². The number of benzene rings is 1. The zero-order valence-electron chi connectivity index (χ0n) is 11.2. The Morgan fingerprint density at radius 1 is 1.21 bits per heavy atom. The molecular weight excluding hydrogens is 236 g/mol. The van der Waals surface area contributed by atoms with E-state index in [0.717, 1.165) is 5.56 Å². The third-order valence-electron chi connectivity index (χ3n) is 3.41. The van der Waals surface area contributed by atoms with E-state index in [1.165, 1.54) is 38.2 Å². The summed E-state index contributed by atoms with van der Waals surface area (Å²) in [7, 11) is 0. The van der Waals surface area contributed by atoms with Crippen molar-refractivity contribution in [1.29, 1.82) is 0 Å². The number of carbonyl (C=O) groups excluding carboxylic acids is 1. The number of carbonyl (C=O) groups is 1. The van der Waals surface area contributed by atoms with E-state index in [1.54, 1.807) is 0 Å². The highest BCUT2D eigenvalue weighted by Crippen LogP contribution is 2.23. The molecule has 1 aromatic carbocycles. The minimum Gasteiger partial charge on any atom is -0.457 e. The number of rotatable bonds is 4. The summed E-state index contributed by atoms with van der Waals surface area (Å²) in [5.41, 5.74) is 3.97. The van der Waals surface area contributed by atoms with Crippen LogP contribution < -0.4 is 0 Å². The van der Waals surface area contributed by atoms with Crippen molar-refractivity contribution < 1.29 is 9.53 Å². The Labute approximate surface area is 114 Å². The molecule has 0 atom stereocenters. The quantitative estimate of drug-likeness (QED) is 0.462. The fourth-order valence-corrected chi connectivity index (χ4v) is 2.32. The summed E-state index contributed by atoms with van der Waals surface area (Å²) >= 11 is 0. The van der Waals surface area contributed by atoms with Gasteiger partial charge in [-0.05, 0) is 30.4 Å². The molecule has 1 saturated carbocycles. The predicted octanol–water partition coefficient (Wildman–Crippen LogP) is 4.02. The van der Waals surface area contributed by atoms with Crippen LogP contribution in [-0.2, 0) is 16.1 Å². The zero-order chi connectivity index (χ0) is 13.3. The molecule has 0 saturated heterocycles. The molecule has 100 valence electrons. The predicted molar refractivity (Wildman–Crippen MR) is 75.5 cm³/mol. The lowest BCUT2D eigenvalue weighted by Crippen LogP contribution is -2.02. The third kappa shape index (κ3) is 5.15. The Hall–Kier alpha value is -1.79. The number of esters is 1. The van der Waals surface area contributed by atoms with E-state index in [4.69, 9.17) is 4.74 Å². The molecular formula is C17H20O2. The second-order valence-electron chi connectivity index (χ2n) is 4.97. The second-order valence-corrected chi connectivity index (χ2v) is 4.97. The average molecular weight is 256 g/mol. The van der Waals surface area contributed by atoms with Crippen LogP contribution in [0.3, 0.4) is 0 Å². The zero-order valence-corrected chi connectivity index (χ0v) is 11.2. The number of hydrogen-bond donors (Lipinski definition) is 0. The SMILES string of the molecule is O=C(C=C=CC1CCCCC1)OCc1ccccc1. The van der Waals surface area contributed by atoms with Gasteiger partial charge in [0.2, 0.25) is 0 Å². The molecule has 2 nitrogen and oxygen atoms in total. The highest BCUT2D eigenvalue weighted by atomic mass is 16.5. The summed E-state index contributed by atoms with van der Waals surface area (Å²) < 4.78 is 5.14. The van der Waals surface area contributed by atoms with Crippen molar-refractivity contribution in [2.45, 2.75) is 38.7 Å². The summed E-state index contributed by atoms with van der Waals surface area (Å²) in [5, 5.41) is 0. The van der Waals surface area contributed by atoms with Crippen LogP contribution in [-0.4, -0.2) is 5.97 Å². The van der Waals surface area contributed by atoms with Gasteiger partial charge in [-0.15, -0.1) is 5.73 Å². The molecule has 0 unspecified atom stereocenters. The van der Waals surface area contributed by atoms with Gasteiger partial charge in [-0.3, -0.25) is 0 Å². The molecule has 0 radical (unpaired) electrons. The summed E-state index contributed by atoms with van der Waals surface area (Å²) in [6.45, 7) is 0.321. The molecule has 0 spiro atoms. The Balaban J connectivity index is 1.75. The van der Waals surface area contributed by atoms with Crippen molar-refractivity contribution in [3.8, 4) is 0 Å². The molecule has 0 aromatic heterocycles. The monoisotopic (exact) mass is 256 g/mol. The highest BCUT2D eigenvalue weighted by molar-refractivity contribution is 5.81. The van der Waals surface area contributed by atoms with E-state index in [-0.39, 0.29) is 5.97 Å². The smallest absolute Gasteiger partial charge is 0.338 e. The van der Waals surface area contributed by atoms with Gasteiger partial charge in [-0.25, -0.2) is 4.79 Å². The molecule has 0 aliphatic heterocycles. The lowest BCUT2D eigenvalue weighted by atomic mass is 9.89. The van der Waals surface area contributed by atoms with Gasteiger partial charge in [0.25, 0.3) is 0 Å². The van der Waals surface area contributed by atoms with Crippen LogP contribution in [0, 0.1) is 5.92 Å². The first kappa shape index (κ1) is 13.6. The van der Waals surface area contributed by atoms with Gasteiger partial charge in [-0.2, -0.15) is 0 Å². The Bertz CT molecular complexity index is 449. The standard InChI is InChI=1S/C17H20O2/c18-17(19-14-16-10-5-2-6-11-16)13-7-12-15-8-3-1-4-9-15/h2,5-6,10-13,15H,1,3-4,8-9,14H2. The van der Waals surface area contributed by atoms with E-state index in [0.29, 0.717) is 12.5 Å². The first-order chi connectivity index (χ1) is 9.34. The van der Waals surface area contributed by atoms with Gasteiger partial charge in [-0.1, -0.05) is 49.6 Å². The third-order valence-corrected chi connectivity index (χ3v) is 3.41. The minimum atomic E-state index is -0.323. The van der Waals surface area contributed by atoms with Crippen molar-refractivity contribution in [3.05, 3.63) is 53.8 Å². The Morgan fingerprint density at radius 2 is 1.95 bits per heavy atom. The van der Waals surface area contributed by atoms with E-state index < -0.39 is 0 Å². The molecule has 2 rings (SSSR count). The summed E-state index contributed by atoms with van der Waals surface area (Å²) in [6.07, 6.45) is 9.79.